The summed E-state index contributed by atoms with van der Waals surface area (Å²) in [5.74, 6) is -0.635. The number of carbonyl (C=O) groups excluding carboxylic acids is 2. The quantitative estimate of drug-likeness (QED) is 0.467. The van der Waals surface area contributed by atoms with Gasteiger partial charge in [-0.3, -0.25) is 0 Å². The van der Waals surface area contributed by atoms with Crippen molar-refractivity contribution in [2.75, 3.05) is 0 Å². The zero-order chi connectivity index (χ0) is 19.2. The maximum atomic E-state index is 12.4. The summed E-state index contributed by atoms with van der Waals surface area (Å²) < 4.78 is 10.6. The highest BCUT2D eigenvalue weighted by atomic mass is 16.5. The maximum absolute atomic E-state index is 12.4. The summed E-state index contributed by atoms with van der Waals surface area (Å²) in [4.78, 5) is 24.4. The van der Waals surface area contributed by atoms with Crippen LogP contribution in [-0.4, -0.2) is 18.0 Å². The van der Waals surface area contributed by atoms with Crippen molar-refractivity contribution >= 4 is 11.9 Å². The Hall–Kier alpha value is -3.40. The van der Waals surface area contributed by atoms with Crippen LogP contribution in [0.2, 0.25) is 0 Å². The van der Waals surface area contributed by atoms with Crippen molar-refractivity contribution in [3.8, 4) is 16.9 Å². The Labute approximate surface area is 158 Å². The van der Waals surface area contributed by atoms with Gasteiger partial charge in [-0.15, -0.1) is 0 Å². The molecule has 0 fully saturated rings. The van der Waals surface area contributed by atoms with Crippen LogP contribution >= 0.6 is 0 Å². The lowest BCUT2D eigenvalue weighted by molar-refractivity contribution is 0.0376. The highest BCUT2D eigenvalue weighted by Crippen LogP contribution is 2.21. The highest BCUT2D eigenvalue weighted by molar-refractivity contribution is 5.93. The molecule has 0 bridgehead atoms. The van der Waals surface area contributed by atoms with E-state index in [4.69, 9.17) is 9.47 Å². The summed E-state index contributed by atoms with van der Waals surface area (Å²) >= 11 is 0. The summed E-state index contributed by atoms with van der Waals surface area (Å²) in [6.45, 7) is 3.56. The lowest BCUT2D eigenvalue weighted by Crippen LogP contribution is -2.12. The predicted octanol–water partition coefficient (Wildman–Crippen LogP) is 5.14. The third-order valence-corrected chi connectivity index (χ3v) is 3.85. The average molecular weight is 360 g/mol. The summed E-state index contributed by atoms with van der Waals surface area (Å²) in [6.07, 6.45) is -0.216. The Morgan fingerprint density at radius 2 is 1.37 bits per heavy atom. The van der Waals surface area contributed by atoms with Crippen molar-refractivity contribution in [1.82, 2.24) is 0 Å². The maximum Gasteiger partial charge on any atom is 0.343 e. The van der Waals surface area contributed by atoms with E-state index in [1.807, 2.05) is 42.5 Å². The minimum absolute atomic E-state index is 0.216. The third-order valence-electron chi connectivity index (χ3n) is 3.85. The molecule has 3 aromatic rings. The Morgan fingerprint density at radius 1 is 0.704 bits per heavy atom. The number of hydrogen-bond donors (Lipinski definition) is 0. The number of hydrogen-bond acceptors (Lipinski definition) is 4. The molecule has 0 amide bonds. The van der Waals surface area contributed by atoms with Gasteiger partial charge in [0.2, 0.25) is 0 Å². The van der Waals surface area contributed by atoms with Crippen molar-refractivity contribution in [1.29, 1.82) is 0 Å². The SMILES string of the molecule is CC(C)OC(=O)c1cccc(OC(=O)c2ccc(-c3ccccc3)cc2)c1. The van der Waals surface area contributed by atoms with Gasteiger partial charge in [0.25, 0.3) is 0 Å². The number of benzene rings is 3. The first-order chi connectivity index (χ1) is 13.0. The van der Waals surface area contributed by atoms with Gasteiger partial charge >= 0.3 is 11.9 Å². The fourth-order valence-electron chi connectivity index (χ4n) is 2.56. The minimum Gasteiger partial charge on any atom is -0.459 e. The molecule has 4 heteroatoms. The van der Waals surface area contributed by atoms with E-state index in [9.17, 15) is 9.59 Å². The van der Waals surface area contributed by atoms with Gasteiger partial charge in [0.05, 0.1) is 17.2 Å². The van der Waals surface area contributed by atoms with Crippen LogP contribution in [0.3, 0.4) is 0 Å². The molecular weight excluding hydrogens is 340 g/mol. The molecule has 0 aliphatic rings. The van der Waals surface area contributed by atoms with Crippen LogP contribution in [-0.2, 0) is 4.74 Å². The van der Waals surface area contributed by atoms with Gasteiger partial charge in [0, 0.05) is 0 Å². The molecule has 0 heterocycles. The normalized spacial score (nSPS) is 10.5. The largest absolute Gasteiger partial charge is 0.459 e. The Morgan fingerprint density at radius 3 is 2.04 bits per heavy atom. The zero-order valence-electron chi connectivity index (χ0n) is 15.2. The topological polar surface area (TPSA) is 52.6 Å². The molecule has 0 saturated heterocycles. The number of rotatable bonds is 5. The molecular formula is C23H20O4. The predicted molar refractivity (Wildman–Crippen MR) is 104 cm³/mol. The molecule has 3 aromatic carbocycles. The van der Waals surface area contributed by atoms with Gasteiger partial charge in [0.15, 0.2) is 0 Å². The standard InChI is InChI=1S/C23H20O4/c1-16(2)26-23(25)20-9-6-10-21(15-20)27-22(24)19-13-11-18(12-14-19)17-7-4-3-5-8-17/h3-16H,1-2H3. The smallest absolute Gasteiger partial charge is 0.343 e. The van der Waals surface area contributed by atoms with Crippen LogP contribution in [0.25, 0.3) is 11.1 Å². The lowest BCUT2D eigenvalue weighted by atomic mass is 10.0. The molecule has 0 aliphatic carbocycles. The fraction of sp³-hybridized carbons (Fsp3) is 0.130. The Kier molecular flexibility index (Phi) is 5.67. The second-order valence-corrected chi connectivity index (χ2v) is 6.31. The van der Waals surface area contributed by atoms with Crippen molar-refractivity contribution < 1.29 is 19.1 Å². The van der Waals surface area contributed by atoms with Gasteiger partial charge in [0.1, 0.15) is 5.75 Å². The van der Waals surface area contributed by atoms with Crippen LogP contribution in [0.5, 0.6) is 5.75 Å². The Balaban J connectivity index is 1.71. The molecule has 0 unspecified atom stereocenters. The van der Waals surface area contributed by atoms with Crippen LogP contribution in [0.1, 0.15) is 34.6 Å². The van der Waals surface area contributed by atoms with Crippen LogP contribution in [0.15, 0.2) is 78.9 Å². The molecule has 0 atom stereocenters. The van der Waals surface area contributed by atoms with E-state index in [-0.39, 0.29) is 6.10 Å². The summed E-state index contributed by atoms with van der Waals surface area (Å²) in [6, 6.07) is 23.5. The van der Waals surface area contributed by atoms with E-state index in [2.05, 4.69) is 0 Å². The first-order valence-electron chi connectivity index (χ1n) is 8.71. The highest BCUT2D eigenvalue weighted by Gasteiger charge is 2.13. The number of esters is 2. The van der Waals surface area contributed by atoms with E-state index < -0.39 is 11.9 Å². The molecule has 0 aromatic heterocycles. The van der Waals surface area contributed by atoms with E-state index in [0.717, 1.165) is 11.1 Å². The van der Waals surface area contributed by atoms with Crippen molar-refractivity contribution in [2.24, 2.45) is 0 Å². The number of ether oxygens (including phenoxy) is 2. The first kappa shape index (κ1) is 18.4. The molecule has 3 rings (SSSR count). The molecule has 136 valence electrons. The third kappa shape index (κ3) is 4.82. The van der Waals surface area contributed by atoms with Crippen LogP contribution in [0.4, 0.5) is 0 Å². The van der Waals surface area contributed by atoms with Gasteiger partial charge in [-0.2, -0.15) is 0 Å². The van der Waals surface area contributed by atoms with E-state index >= 15 is 0 Å². The van der Waals surface area contributed by atoms with E-state index in [0.29, 0.717) is 16.9 Å². The average Bonchev–Trinajstić information content (AvgIpc) is 2.68. The minimum atomic E-state index is -0.482. The van der Waals surface area contributed by atoms with Crippen molar-refractivity contribution in [2.45, 2.75) is 20.0 Å². The molecule has 0 spiro atoms. The number of carbonyl (C=O) groups is 2. The zero-order valence-corrected chi connectivity index (χ0v) is 15.2. The summed E-state index contributed by atoms with van der Waals surface area (Å²) in [5.41, 5.74) is 2.87. The molecule has 4 nitrogen and oxygen atoms in total. The van der Waals surface area contributed by atoms with E-state index in [1.165, 1.54) is 6.07 Å². The first-order valence-corrected chi connectivity index (χ1v) is 8.71. The summed E-state index contributed by atoms with van der Waals surface area (Å²) in [7, 11) is 0. The van der Waals surface area contributed by atoms with Crippen LogP contribution < -0.4 is 4.74 Å². The lowest BCUT2D eigenvalue weighted by Gasteiger charge is -2.09. The second-order valence-electron chi connectivity index (χ2n) is 6.31. The summed E-state index contributed by atoms with van der Waals surface area (Å²) in [5, 5.41) is 0. The molecule has 0 radical (unpaired) electrons. The van der Waals surface area contributed by atoms with Crippen molar-refractivity contribution in [3.63, 3.8) is 0 Å². The van der Waals surface area contributed by atoms with Crippen molar-refractivity contribution in [3.05, 3.63) is 90.0 Å². The van der Waals surface area contributed by atoms with Crippen LogP contribution in [0, 0.1) is 0 Å². The Bertz CT molecular complexity index is 928. The van der Waals surface area contributed by atoms with Gasteiger partial charge < -0.3 is 9.47 Å². The molecule has 0 N–H and O–H groups in total. The van der Waals surface area contributed by atoms with Gasteiger partial charge in [-0.25, -0.2) is 9.59 Å². The monoisotopic (exact) mass is 360 g/mol. The fourth-order valence-corrected chi connectivity index (χ4v) is 2.56. The molecule has 0 saturated carbocycles. The van der Waals surface area contributed by atoms with Gasteiger partial charge in [-0.1, -0.05) is 48.5 Å². The molecule has 0 aliphatic heterocycles. The molecule has 27 heavy (non-hydrogen) atoms. The second kappa shape index (κ2) is 8.32. The van der Waals surface area contributed by atoms with Gasteiger partial charge in [-0.05, 0) is 55.3 Å². The van der Waals surface area contributed by atoms with E-state index in [1.54, 1.807) is 44.2 Å².